The van der Waals surface area contributed by atoms with Gasteiger partial charge < -0.3 is 9.80 Å². The molecule has 0 aliphatic carbocycles. The van der Waals surface area contributed by atoms with E-state index in [4.69, 9.17) is 10.8 Å². The number of anilines is 1. The van der Waals surface area contributed by atoms with Gasteiger partial charge in [-0.3, -0.25) is 15.6 Å². The van der Waals surface area contributed by atoms with Crippen molar-refractivity contribution in [3.8, 4) is 0 Å². The zero-order valence-corrected chi connectivity index (χ0v) is 18.1. The summed E-state index contributed by atoms with van der Waals surface area (Å²) in [6.45, 7) is 2.66. The van der Waals surface area contributed by atoms with E-state index in [-0.39, 0.29) is 11.4 Å². The predicted octanol–water partition coefficient (Wildman–Crippen LogP) is 2.49. The van der Waals surface area contributed by atoms with E-state index in [0.29, 0.717) is 32.6 Å². The highest BCUT2D eigenvalue weighted by molar-refractivity contribution is 5.79. The Kier molecular flexibility index (Phi) is 6.75. The van der Waals surface area contributed by atoms with Crippen molar-refractivity contribution >= 4 is 18.1 Å². The molecule has 0 saturated carbocycles. The number of amides is 1. The first-order valence-corrected chi connectivity index (χ1v) is 10.9. The zero-order chi connectivity index (χ0) is 22.3. The van der Waals surface area contributed by atoms with Gasteiger partial charge in [0.2, 0.25) is 5.91 Å². The van der Waals surface area contributed by atoms with E-state index < -0.39 is 0 Å². The Bertz CT molecular complexity index is 1120. The molecule has 2 heterocycles. The molecule has 0 atom stereocenters. The lowest BCUT2D eigenvalue weighted by Gasteiger charge is -2.35. The third kappa shape index (κ3) is 5.29. The molecule has 0 spiro atoms. The number of nitrogens with one attached hydrogen (secondary N) is 2. The van der Waals surface area contributed by atoms with Gasteiger partial charge in [-0.2, -0.15) is 0 Å². The van der Waals surface area contributed by atoms with Crippen molar-refractivity contribution in [3.05, 3.63) is 88.9 Å². The van der Waals surface area contributed by atoms with Crippen LogP contribution in [0, 0.1) is 10.8 Å². The molecule has 2 N–H and O–H groups in total. The Hall–Kier alpha value is -3.74. The summed E-state index contributed by atoms with van der Waals surface area (Å²) in [5, 5.41) is 19.4. The number of aryl methyl sites for hydroxylation is 2. The summed E-state index contributed by atoms with van der Waals surface area (Å²) in [6, 6.07) is 22.3. The molecule has 1 amide bonds. The first-order valence-electron chi connectivity index (χ1n) is 10.9. The fraction of sp³-hybridized carbons (Fsp3) is 0.280. The maximum absolute atomic E-state index is 12.8. The predicted molar refractivity (Wildman–Crippen MR) is 125 cm³/mol. The van der Waals surface area contributed by atoms with Crippen LogP contribution < -0.4 is 10.4 Å². The van der Waals surface area contributed by atoms with Crippen molar-refractivity contribution in [2.45, 2.75) is 19.3 Å². The minimum atomic E-state index is 0.144. The van der Waals surface area contributed by atoms with Gasteiger partial charge >= 0.3 is 0 Å². The second-order valence-electron chi connectivity index (χ2n) is 8.00. The summed E-state index contributed by atoms with van der Waals surface area (Å²) in [5.41, 5.74) is 3.83. The molecule has 1 fully saturated rings. The number of nitrogens with zero attached hydrogens (tertiary/aromatic N) is 4. The summed E-state index contributed by atoms with van der Waals surface area (Å²) in [5.74, 6) is 0.869. The Morgan fingerprint density at radius 3 is 2.12 bits per heavy atom. The standard InChI is InChI=1S/C25H28N6O/c26-19-31-23(27)12-13-24(28-31)29-14-16-30(17-15-29)25(32)18-22-10-8-21(9-11-22)7-6-20-4-2-1-3-5-20/h1-5,8-13,19,26-27H,6-7,14-18H2. The number of aromatic nitrogens is 2. The summed E-state index contributed by atoms with van der Waals surface area (Å²) in [6.07, 6.45) is 3.45. The van der Waals surface area contributed by atoms with E-state index in [0.717, 1.165) is 30.6 Å². The molecule has 0 unspecified atom stereocenters. The highest BCUT2D eigenvalue weighted by Crippen LogP contribution is 2.14. The van der Waals surface area contributed by atoms with Crippen molar-refractivity contribution in [2.75, 3.05) is 31.1 Å². The molecule has 0 radical (unpaired) electrons. The number of piperazine rings is 1. The van der Waals surface area contributed by atoms with E-state index in [2.05, 4.69) is 58.5 Å². The van der Waals surface area contributed by atoms with Crippen LogP contribution in [-0.4, -0.2) is 53.1 Å². The molecule has 1 saturated heterocycles. The molecule has 164 valence electrons. The molecule has 32 heavy (non-hydrogen) atoms. The van der Waals surface area contributed by atoms with E-state index in [1.807, 2.05) is 11.0 Å². The summed E-state index contributed by atoms with van der Waals surface area (Å²) < 4.78 is 1.23. The lowest BCUT2D eigenvalue weighted by Crippen LogP contribution is -2.49. The maximum atomic E-state index is 12.8. The molecule has 7 heteroatoms. The molecule has 1 aliphatic heterocycles. The largest absolute Gasteiger partial charge is 0.352 e. The highest BCUT2D eigenvalue weighted by atomic mass is 16.2. The second kappa shape index (κ2) is 10.0. The summed E-state index contributed by atoms with van der Waals surface area (Å²) in [7, 11) is 0. The minimum Gasteiger partial charge on any atom is -0.352 e. The number of hydrogen-bond donors (Lipinski definition) is 2. The monoisotopic (exact) mass is 428 g/mol. The van der Waals surface area contributed by atoms with Crippen molar-refractivity contribution in [1.82, 2.24) is 14.7 Å². The smallest absolute Gasteiger partial charge is 0.227 e. The van der Waals surface area contributed by atoms with Crippen LogP contribution in [0.2, 0.25) is 0 Å². The van der Waals surface area contributed by atoms with E-state index >= 15 is 0 Å². The van der Waals surface area contributed by atoms with Crippen LogP contribution in [0.1, 0.15) is 16.7 Å². The molecule has 4 rings (SSSR count). The Labute approximate surface area is 187 Å². The van der Waals surface area contributed by atoms with Crippen molar-refractivity contribution < 1.29 is 4.79 Å². The van der Waals surface area contributed by atoms with Gasteiger partial charge in [0.05, 0.1) is 6.42 Å². The van der Waals surface area contributed by atoms with Crippen LogP contribution in [-0.2, 0) is 24.1 Å². The van der Waals surface area contributed by atoms with E-state index in [9.17, 15) is 4.79 Å². The number of rotatable bonds is 7. The quantitative estimate of drug-likeness (QED) is 0.448. The molecule has 0 bridgehead atoms. The second-order valence-corrected chi connectivity index (χ2v) is 8.00. The van der Waals surface area contributed by atoms with Gasteiger partial charge in [0.15, 0.2) is 0 Å². The van der Waals surface area contributed by atoms with Crippen LogP contribution in [0.4, 0.5) is 5.82 Å². The van der Waals surface area contributed by atoms with Gasteiger partial charge in [0, 0.05) is 26.2 Å². The number of carbonyl (C=O) groups excluding carboxylic acids is 1. The van der Waals surface area contributed by atoms with E-state index in [1.165, 1.54) is 15.8 Å². The topological polar surface area (TPSA) is 89.1 Å². The molecule has 1 aliphatic rings. The fourth-order valence-electron chi connectivity index (χ4n) is 3.92. The van der Waals surface area contributed by atoms with E-state index in [1.54, 1.807) is 12.1 Å². The summed E-state index contributed by atoms with van der Waals surface area (Å²) >= 11 is 0. The number of hydrogen-bond acceptors (Lipinski definition) is 5. The number of carbonyl (C=O) groups is 1. The van der Waals surface area contributed by atoms with Gasteiger partial charge in [0.1, 0.15) is 17.6 Å². The average Bonchev–Trinajstić information content (AvgIpc) is 2.84. The van der Waals surface area contributed by atoms with Crippen molar-refractivity contribution in [1.29, 1.82) is 10.8 Å². The number of benzene rings is 2. The maximum Gasteiger partial charge on any atom is 0.227 e. The third-order valence-corrected chi connectivity index (χ3v) is 5.85. The first kappa shape index (κ1) is 21.5. The Morgan fingerprint density at radius 1 is 0.844 bits per heavy atom. The molecule has 3 aromatic rings. The van der Waals surface area contributed by atoms with Gasteiger partial charge in [-0.25, -0.2) is 4.68 Å². The molecular formula is C25H28N6O. The van der Waals surface area contributed by atoms with Gasteiger partial charge in [-0.15, -0.1) is 5.10 Å². The zero-order valence-electron chi connectivity index (χ0n) is 18.1. The van der Waals surface area contributed by atoms with Crippen LogP contribution in [0.5, 0.6) is 0 Å². The van der Waals surface area contributed by atoms with Gasteiger partial charge in [-0.1, -0.05) is 54.6 Å². The fourth-order valence-corrected chi connectivity index (χ4v) is 3.92. The lowest BCUT2D eigenvalue weighted by molar-refractivity contribution is -0.130. The third-order valence-electron chi connectivity index (χ3n) is 5.85. The van der Waals surface area contributed by atoms with Crippen LogP contribution in [0.15, 0.2) is 66.7 Å². The van der Waals surface area contributed by atoms with Gasteiger partial charge in [-0.05, 0) is 41.7 Å². The lowest BCUT2D eigenvalue weighted by atomic mass is 10.0. The van der Waals surface area contributed by atoms with Crippen LogP contribution >= 0.6 is 0 Å². The van der Waals surface area contributed by atoms with Gasteiger partial charge in [0.25, 0.3) is 0 Å². The molecule has 2 aromatic carbocycles. The molecule has 7 nitrogen and oxygen atoms in total. The molecular weight excluding hydrogens is 400 g/mol. The summed E-state index contributed by atoms with van der Waals surface area (Å²) in [4.78, 5) is 16.8. The van der Waals surface area contributed by atoms with Crippen molar-refractivity contribution in [2.24, 2.45) is 0 Å². The minimum absolute atomic E-state index is 0.144. The Balaban J connectivity index is 1.27. The van der Waals surface area contributed by atoms with Crippen LogP contribution in [0.3, 0.4) is 0 Å². The highest BCUT2D eigenvalue weighted by Gasteiger charge is 2.22. The normalized spacial score (nSPS) is 13.8. The average molecular weight is 429 g/mol. The SMILES string of the molecule is N=Cn1nc(N2CCN(C(=O)Cc3ccc(CCc4ccccc4)cc3)CC2)ccc1=N. The van der Waals surface area contributed by atoms with Crippen molar-refractivity contribution in [3.63, 3.8) is 0 Å². The van der Waals surface area contributed by atoms with Crippen LogP contribution in [0.25, 0.3) is 0 Å². The molecule has 1 aromatic heterocycles. The first-order chi connectivity index (χ1) is 15.6. The Morgan fingerprint density at radius 2 is 1.47 bits per heavy atom.